The van der Waals surface area contributed by atoms with Gasteiger partial charge in [0.2, 0.25) is 5.78 Å². The fraction of sp³-hybridized carbons (Fsp3) is 0.179. The Balaban J connectivity index is 1.19. The number of anilines is 5. The van der Waals surface area contributed by atoms with Gasteiger partial charge in [-0.1, -0.05) is 137 Å². The van der Waals surface area contributed by atoms with Gasteiger partial charge >= 0.3 is 0 Å². The quantitative estimate of drug-likeness (QED) is 0.113. The van der Waals surface area contributed by atoms with Crippen LogP contribution in [0.2, 0.25) is 0 Å². The van der Waals surface area contributed by atoms with Gasteiger partial charge in [0.05, 0.1) is 16.8 Å². The first-order chi connectivity index (χ1) is 35.4. The molecular formula is C67H63N3O4. The Morgan fingerprint density at radius 1 is 0.486 bits per heavy atom. The van der Waals surface area contributed by atoms with Crippen LogP contribution in [0.1, 0.15) is 105 Å². The first kappa shape index (κ1) is 50.4. The fourth-order valence-electron chi connectivity index (χ4n) is 10.3. The second-order valence-electron chi connectivity index (χ2n) is 20.2. The molecule has 0 radical (unpaired) electrons. The Kier molecular flexibility index (Phi) is 14.2. The summed E-state index contributed by atoms with van der Waals surface area (Å²) in [6.45, 7) is 20.8. The van der Waals surface area contributed by atoms with Gasteiger partial charge in [-0.3, -0.25) is 14.4 Å². The summed E-state index contributed by atoms with van der Waals surface area (Å²) in [5.41, 5.74) is 18.5. The predicted molar refractivity (Wildman–Crippen MR) is 305 cm³/mol. The Morgan fingerprint density at radius 2 is 0.946 bits per heavy atom. The monoisotopic (exact) mass is 973 g/mol. The van der Waals surface area contributed by atoms with Crippen molar-refractivity contribution in [2.24, 2.45) is 0 Å². The maximum atomic E-state index is 14.9. The molecule has 0 unspecified atom stereocenters. The van der Waals surface area contributed by atoms with Gasteiger partial charge in [0.25, 0.3) is 11.8 Å². The molecule has 0 atom stereocenters. The smallest absolute Gasteiger partial charge is 0.255 e. The van der Waals surface area contributed by atoms with E-state index < -0.39 is 5.78 Å². The van der Waals surface area contributed by atoms with Crippen LogP contribution in [0.25, 0.3) is 17.2 Å². The summed E-state index contributed by atoms with van der Waals surface area (Å²) in [5, 5.41) is 19.7. The molecular weight excluding hydrogens is 911 g/mol. The SMILES string of the molecule is Cc1ccc(C(=O)Nc2cc(N(c3ccc(C)cc3C)c3ccc(C)cc3C)ccc2C2=C(O)/C(=c3/cc/c(=C\CC(c4ccc(C)cc4C)c4ccc(C)cc4C)cc3NC(=O)c3ccc(C)cc3)C2=O)cc1. The number of amides is 2. The summed E-state index contributed by atoms with van der Waals surface area (Å²) in [6, 6.07) is 51.7. The maximum Gasteiger partial charge on any atom is 0.255 e. The highest BCUT2D eigenvalue weighted by Crippen LogP contribution is 2.45. The standard InChI is InChI=1S/C67H63N3O4/c1-39-11-21-50(22-12-39)66(73)68-58-37-49(19-28-55(53-26-15-41(3)33-45(53)7)54-27-16-42(4)34-46(54)8)20-29-56(58)62-64(71)63(65(62)72)57-30-25-52(38-59(57)69-67(74)51-23-13-40(2)14-24-51)70(60-31-17-43(5)35-47(60)9)61-32-18-44(6)36-48(61)10/h11-27,29-38,55,71H,28H2,1-10H3,(H,68,73)(H,69,74)/b49-19+,62-56+. The Morgan fingerprint density at radius 3 is 1.42 bits per heavy atom. The molecule has 0 fully saturated rings. The number of ketones is 1. The van der Waals surface area contributed by atoms with Crippen molar-refractivity contribution >= 4 is 63.3 Å². The first-order valence-electron chi connectivity index (χ1n) is 25.3. The summed E-state index contributed by atoms with van der Waals surface area (Å²) < 4.78 is 0. The van der Waals surface area contributed by atoms with Gasteiger partial charge in [-0.25, -0.2) is 0 Å². The van der Waals surface area contributed by atoms with Gasteiger partial charge in [-0.05, 0) is 175 Å². The predicted octanol–water partition coefficient (Wildman–Crippen LogP) is 14.5. The van der Waals surface area contributed by atoms with Crippen molar-refractivity contribution in [3.8, 4) is 0 Å². The number of aliphatic hydroxyl groups is 1. The average molecular weight is 974 g/mol. The van der Waals surface area contributed by atoms with Gasteiger partial charge in [0, 0.05) is 50.6 Å². The normalized spacial score (nSPS) is 13.3. The number of carbonyl (C=O) groups is 3. The molecule has 0 spiro atoms. The van der Waals surface area contributed by atoms with Crippen molar-refractivity contribution in [2.75, 3.05) is 15.5 Å². The number of nitrogens with one attached hydrogen (secondary N) is 2. The topological polar surface area (TPSA) is 98.7 Å². The van der Waals surface area contributed by atoms with Crippen molar-refractivity contribution in [2.45, 2.75) is 81.6 Å². The maximum absolute atomic E-state index is 14.9. The lowest BCUT2D eigenvalue weighted by Gasteiger charge is -2.30. The molecule has 0 saturated carbocycles. The van der Waals surface area contributed by atoms with E-state index in [2.05, 4.69) is 150 Å². The minimum Gasteiger partial charge on any atom is -0.506 e. The zero-order valence-electron chi connectivity index (χ0n) is 44.0. The van der Waals surface area contributed by atoms with Gasteiger partial charge in [-0.15, -0.1) is 0 Å². The van der Waals surface area contributed by atoms with Crippen LogP contribution in [0.5, 0.6) is 0 Å². The van der Waals surface area contributed by atoms with Crippen LogP contribution in [0, 0.1) is 69.2 Å². The molecule has 8 aromatic carbocycles. The lowest BCUT2D eigenvalue weighted by atomic mass is 9.81. The summed E-state index contributed by atoms with van der Waals surface area (Å²) in [4.78, 5) is 45.3. The summed E-state index contributed by atoms with van der Waals surface area (Å²) in [5.74, 6) is -1.32. The molecule has 0 saturated heterocycles. The average Bonchev–Trinajstić information content (AvgIpc) is 3.36. The molecule has 8 aromatic rings. The molecule has 3 N–H and O–H groups in total. The van der Waals surface area contributed by atoms with E-state index in [9.17, 15) is 19.5 Å². The minimum absolute atomic E-state index is 0.0552. The number of nitrogens with zero attached hydrogens (tertiary/aromatic N) is 1. The molecule has 7 nitrogen and oxygen atoms in total. The van der Waals surface area contributed by atoms with Crippen LogP contribution in [0.15, 0.2) is 163 Å². The first-order valence-corrected chi connectivity index (χ1v) is 25.3. The van der Waals surface area contributed by atoms with Crippen LogP contribution in [-0.2, 0) is 4.79 Å². The molecule has 0 heterocycles. The third-order valence-corrected chi connectivity index (χ3v) is 14.3. The number of aliphatic hydroxyl groups excluding tert-OH is 1. The highest BCUT2D eigenvalue weighted by molar-refractivity contribution is 6.52. The lowest BCUT2D eigenvalue weighted by molar-refractivity contribution is -0.109. The van der Waals surface area contributed by atoms with E-state index in [0.29, 0.717) is 39.7 Å². The summed E-state index contributed by atoms with van der Waals surface area (Å²) in [6.07, 6.45) is 2.84. The van der Waals surface area contributed by atoms with Gasteiger partial charge in [-0.2, -0.15) is 0 Å². The van der Waals surface area contributed by atoms with Gasteiger partial charge in [0.1, 0.15) is 5.76 Å². The van der Waals surface area contributed by atoms with Crippen LogP contribution in [0.4, 0.5) is 28.4 Å². The molecule has 1 aliphatic rings. The van der Waals surface area contributed by atoms with Crippen molar-refractivity contribution in [3.05, 3.63) is 257 Å². The van der Waals surface area contributed by atoms with E-state index in [0.717, 1.165) is 55.7 Å². The number of carbonyl (C=O) groups excluding carboxylic acids is 3. The molecule has 2 amide bonds. The van der Waals surface area contributed by atoms with Gasteiger partial charge < -0.3 is 20.6 Å². The Labute approximate surface area is 435 Å². The van der Waals surface area contributed by atoms with E-state index in [1.54, 1.807) is 36.4 Å². The second kappa shape index (κ2) is 20.9. The molecule has 370 valence electrons. The van der Waals surface area contributed by atoms with Crippen LogP contribution >= 0.6 is 0 Å². The zero-order valence-corrected chi connectivity index (χ0v) is 44.0. The molecule has 9 rings (SSSR count). The third-order valence-electron chi connectivity index (χ3n) is 14.3. The van der Waals surface area contributed by atoms with Crippen LogP contribution in [-0.4, -0.2) is 22.7 Å². The largest absolute Gasteiger partial charge is 0.506 e. The van der Waals surface area contributed by atoms with Crippen molar-refractivity contribution in [1.29, 1.82) is 0 Å². The molecule has 0 aliphatic heterocycles. The van der Waals surface area contributed by atoms with Crippen molar-refractivity contribution in [1.82, 2.24) is 0 Å². The van der Waals surface area contributed by atoms with Crippen LogP contribution in [0.3, 0.4) is 0 Å². The van der Waals surface area contributed by atoms with Gasteiger partial charge in [0.15, 0.2) is 0 Å². The third kappa shape index (κ3) is 10.4. The Hall–Kier alpha value is -8.55. The number of allylic oxidation sites excluding steroid dienone is 2. The van der Waals surface area contributed by atoms with E-state index in [1.165, 1.54) is 33.4 Å². The number of Topliss-reactive ketones (excluding diaryl/α,β-unsaturated/α-hetero) is 1. The Bertz CT molecular complexity index is 3610. The highest BCUT2D eigenvalue weighted by atomic mass is 16.3. The van der Waals surface area contributed by atoms with Crippen molar-refractivity contribution in [3.63, 3.8) is 0 Å². The molecule has 1 aliphatic carbocycles. The fourth-order valence-corrected chi connectivity index (χ4v) is 10.3. The second-order valence-corrected chi connectivity index (χ2v) is 20.2. The summed E-state index contributed by atoms with van der Waals surface area (Å²) in [7, 11) is 0. The highest BCUT2D eigenvalue weighted by Gasteiger charge is 2.38. The lowest BCUT2D eigenvalue weighted by Crippen LogP contribution is -2.31. The number of benzene rings is 8. The molecule has 7 heteroatoms. The molecule has 74 heavy (non-hydrogen) atoms. The van der Waals surface area contributed by atoms with E-state index >= 15 is 0 Å². The molecule has 0 bridgehead atoms. The number of hydrogen-bond acceptors (Lipinski definition) is 5. The summed E-state index contributed by atoms with van der Waals surface area (Å²) >= 11 is 0. The van der Waals surface area contributed by atoms with E-state index in [-0.39, 0.29) is 34.6 Å². The zero-order chi connectivity index (χ0) is 52.5. The van der Waals surface area contributed by atoms with Crippen molar-refractivity contribution < 1.29 is 19.5 Å². The minimum atomic E-state index is -0.422. The van der Waals surface area contributed by atoms with Crippen LogP contribution < -0.4 is 26.0 Å². The number of rotatable bonds is 12. The van der Waals surface area contributed by atoms with E-state index in [1.807, 2.05) is 62.4 Å². The molecule has 0 aromatic heterocycles. The number of aryl methyl sites for hydroxylation is 10. The number of hydrogen-bond donors (Lipinski definition) is 3. The van der Waals surface area contributed by atoms with E-state index in [4.69, 9.17) is 0 Å².